The molecule has 2 aromatic heterocycles. The van der Waals surface area contributed by atoms with Gasteiger partial charge in [-0.1, -0.05) is 0 Å². The normalized spacial score (nSPS) is 10.5. The highest BCUT2D eigenvalue weighted by Gasteiger charge is 2.15. The van der Waals surface area contributed by atoms with Crippen LogP contribution >= 0.6 is 0 Å². The molecule has 0 atom stereocenters. The summed E-state index contributed by atoms with van der Waals surface area (Å²) in [4.78, 5) is 23.5. The zero-order valence-electron chi connectivity index (χ0n) is 11.1. The molecule has 0 unspecified atom stereocenters. The van der Waals surface area contributed by atoms with Crippen molar-refractivity contribution < 1.29 is 9.72 Å². The van der Waals surface area contributed by atoms with Gasteiger partial charge < -0.3 is 4.90 Å². The van der Waals surface area contributed by atoms with Crippen LogP contribution in [-0.4, -0.2) is 42.3 Å². The number of hydrogen-bond donors (Lipinski definition) is 0. The number of amides is 1. The Balaban J connectivity index is 1.97. The fourth-order valence-corrected chi connectivity index (χ4v) is 1.68. The second-order valence-corrected chi connectivity index (χ2v) is 4.35. The van der Waals surface area contributed by atoms with E-state index < -0.39 is 4.92 Å². The molecule has 0 spiro atoms. The molecule has 106 valence electrons. The Morgan fingerprint density at radius 1 is 1.50 bits per heavy atom. The fraction of sp³-hybridized carbons (Fsp3) is 0.364. The Kier molecular flexibility index (Phi) is 3.78. The first-order chi connectivity index (χ1) is 9.47. The van der Waals surface area contributed by atoms with E-state index in [-0.39, 0.29) is 18.1 Å². The van der Waals surface area contributed by atoms with Crippen molar-refractivity contribution in [1.29, 1.82) is 0 Å². The maximum atomic E-state index is 12.0. The highest BCUT2D eigenvalue weighted by atomic mass is 16.6. The van der Waals surface area contributed by atoms with Crippen molar-refractivity contribution in [3.8, 4) is 0 Å². The summed E-state index contributed by atoms with van der Waals surface area (Å²) in [7, 11) is 3.46. The molecule has 2 heterocycles. The Morgan fingerprint density at radius 2 is 2.25 bits per heavy atom. The molecule has 0 bridgehead atoms. The number of likely N-dealkylation sites (N-methyl/N-ethyl adjacent to an activating group) is 1. The molecular weight excluding hydrogens is 264 g/mol. The summed E-state index contributed by atoms with van der Waals surface area (Å²) >= 11 is 0. The number of nitro groups is 1. The standard InChI is InChI=1S/C11H14N6O3/c1-14(6-9-3-4-12-15(9)2)11(18)8-16-7-10(5-13-16)17(19)20/h3-5,7H,6,8H2,1-2H3. The van der Waals surface area contributed by atoms with Gasteiger partial charge in [0.25, 0.3) is 0 Å². The van der Waals surface area contributed by atoms with E-state index in [1.54, 1.807) is 25.0 Å². The molecule has 0 aliphatic carbocycles. The van der Waals surface area contributed by atoms with Crippen LogP contribution in [0.2, 0.25) is 0 Å². The van der Waals surface area contributed by atoms with Crippen LogP contribution < -0.4 is 0 Å². The summed E-state index contributed by atoms with van der Waals surface area (Å²) < 4.78 is 2.93. The Labute approximate surface area is 114 Å². The monoisotopic (exact) mass is 278 g/mol. The minimum Gasteiger partial charge on any atom is -0.338 e. The quantitative estimate of drug-likeness (QED) is 0.574. The fourth-order valence-electron chi connectivity index (χ4n) is 1.68. The minimum atomic E-state index is -0.548. The Bertz CT molecular complexity index is 632. The van der Waals surface area contributed by atoms with Crippen LogP contribution in [0.5, 0.6) is 0 Å². The van der Waals surface area contributed by atoms with Gasteiger partial charge >= 0.3 is 5.69 Å². The first kappa shape index (κ1) is 13.7. The van der Waals surface area contributed by atoms with E-state index in [2.05, 4.69) is 10.2 Å². The maximum Gasteiger partial charge on any atom is 0.307 e. The number of hydrogen-bond acceptors (Lipinski definition) is 5. The van der Waals surface area contributed by atoms with Crippen molar-refractivity contribution >= 4 is 11.6 Å². The first-order valence-electron chi connectivity index (χ1n) is 5.85. The third-order valence-corrected chi connectivity index (χ3v) is 2.88. The van der Waals surface area contributed by atoms with E-state index in [1.165, 1.54) is 15.8 Å². The van der Waals surface area contributed by atoms with Gasteiger partial charge in [0.15, 0.2) is 0 Å². The number of nitrogens with zero attached hydrogens (tertiary/aromatic N) is 6. The molecule has 0 N–H and O–H groups in total. The summed E-state index contributed by atoms with van der Waals surface area (Å²) in [5.74, 6) is -0.191. The summed E-state index contributed by atoms with van der Waals surface area (Å²) in [5.41, 5.74) is 0.763. The molecule has 2 aromatic rings. The lowest BCUT2D eigenvalue weighted by Gasteiger charge is -2.17. The SMILES string of the molecule is CN(Cc1ccnn1C)C(=O)Cn1cc([N+](=O)[O-])cn1. The van der Waals surface area contributed by atoms with Crippen molar-refractivity contribution in [2.45, 2.75) is 13.1 Å². The topological polar surface area (TPSA) is 99.1 Å². The smallest absolute Gasteiger partial charge is 0.307 e. The molecule has 1 amide bonds. The van der Waals surface area contributed by atoms with Crippen LogP contribution in [0.25, 0.3) is 0 Å². The molecule has 0 fully saturated rings. The Morgan fingerprint density at radius 3 is 2.80 bits per heavy atom. The van der Waals surface area contributed by atoms with Gasteiger partial charge in [0, 0.05) is 20.3 Å². The van der Waals surface area contributed by atoms with E-state index >= 15 is 0 Å². The second-order valence-electron chi connectivity index (χ2n) is 4.35. The summed E-state index contributed by atoms with van der Waals surface area (Å²) in [6.45, 7) is 0.376. The lowest BCUT2D eigenvalue weighted by Crippen LogP contribution is -2.30. The average Bonchev–Trinajstić information content (AvgIpc) is 2.99. The molecule has 0 aliphatic rings. The van der Waals surface area contributed by atoms with Crippen molar-refractivity contribution in [2.24, 2.45) is 7.05 Å². The summed E-state index contributed by atoms with van der Waals surface area (Å²) in [5, 5.41) is 18.3. The minimum absolute atomic E-state index is 0.0395. The molecule has 0 saturated heterocycles. The highest BCUT2D eigenvalue weighted by molar-refractivity contribution is 5.75. The predicted molar refractivity (Wildman–Crippen MR) is 68.6 cm³/mol. The van der Waals surface area contributed by atoms with Gasteiger partial charge in [-0.2, -0.15) is 10.2 Å². The molecule has 0 saturated carbocycles. The van der Waals surface area contributed by atoms with Gasteiger partial charge in [0.2, 0.25) is 5.91 Å². The number of rotatable bonds is 5. The van der Waals surface area contributed by atoms with Gasteiger partial charge in [-0.15, -0.1) is 0 Å². The number of carbonyl (C=O) groups is 1. The van der Waals surface area contributed by atoms with Gasteiger partial charge in [0.05, 0.1) is 17.2 Å². The Hall–Kier alpha value is -2.71. The molecule has 0 radical (unpaired) electrons. The summed E-state index contributed by atoms with van der Waals surface area (Å²) in [6.07, 6.45) is 4.01. The lowest BCUT2D eigenvalue weighted by atomic mass is 10.4. The van der Waals surface area contributed by atoms with Crippen molar-refractivity contribution in [3.63, 3.8) is 0 Å². The maximum absolute atomic E-state index is 12.0. The number of carbonyl (C=O) groups excluding carboxylic acids is 1. The van der Waals surface area contributed by atoms with Gasteiger partial charge in [-0.05, 0) is 6.07 Å². The molecule has 0 aliphatic heterocycles. The van der Waals surface area contributed by atoms with Crippen LogP contribution in [0.15, 0.2) is 24.7 Å². The number of aromatic nitrogens is 4. The molecule has 9 nitrogen and oxygen atoms in total. The van der Waals surface area contributed by atoms with Crippen molar-refractivity contribution in [3.05, 3.63) is 40.5 Å². The first-order valence-corrected chi connectivity index (χ1v) is 5.85. The van der Waals surface area contributed by atoms with E-state index in [1.807, 2.05) is 6.07 Å². The van der Waals surface area contributed by atoms with Crippen LogP contribution in [0, 0.1) is 10.1 Å². The lowest BCUT2D eigenvalue weighted by molar-refractivity contribution is -0.385. The van der Waals surface area contributed by atoms with E-state index in [4.69, 9.17) is 0 Å². The van der Waals surface area contributed by atoms with Crippen LogP contribution in [0.1, 0.15) is 5.69 Å². The third kappa shape index (κ3) is 2.99. The van der Waals surface area contributed by atoms with Crippen LogP contribution in [0.3, 0.4) is 0 Å². The van der Waals surface area contributed by atoms with Crippen LogP contribution in [0.4, 0.5) is 5.69 Å². The van der Waals surface area contributed by atoms with E-state index in [0.717, 1.165) is 11.9 Å². The molecule has 20 heavy (non-hydrogen) atoms. The van der Waals surface area contributed by atoms with E-state index in [9.17, 15) is 14.9 Å². The average molecular weight is 278 g/mol. The third-order valence-electron chi connectivity index (χ3n) is 2.88. The van der Waals surface area contributed by atoms with Gasteiger partial charge in [0.1, 0.15) is 18.9 Å². The molecule has 2 rings (SSSR count). The molecular formula is C11H14N6O3. The largest absolute Gasteiger partial charge is 0.338 e. The molecule has 9 heteroatoms. The van der Waals surface area contributed by atoms with Crippen LogP contribution in [-0.2, 0) is 24.9 Å². The predicted octanol–water partition coefficient (Wildman–Crippen LogP) is 0.183. The molecule has 0 aromatic carbocycles. The van der Waals surface area contributed by atoms with Gasteiger partial charge in [-0.3, -0.25) is 24.3 Å². The zero-order chi connectivity index (χ0) is 14.7. The van der Waals surface area contributed by atoms with E-state index in [0.29, 0.717) is 6.54 Å². The van der Waals surface area contributed by atoms with Gasteiger partial charge in [-0.25, -0.2) is 0 Å². The summed E-state index contributed by atoms with van der Waals surface area (Å²) in [6, 6.07) is 1.82. The highest BCUT2D eigenvalue weighted by Crippen LogP contribution is 2.08. The zero-order valence-corrected chi connectivity index (χ0v) is 11.1. The number of aryl methyl sites for hydroxylation is 1. The second kappa shape index (κ2) is 5.51. The van der Waals surface area contributed by atoms with Crippen molar-refractivity contribution in [2.75, 3.05) is 7.05 Å². The van der Waals surface area contributed by atoms with Crippen molar-refractivity contribution in [1.82, 2.24) is 24.5 Å².